The standard InChI is InChI=1S/C26H29ClN4O3S/c1-18-24(17-31(2)30-18)35(32,33)29-14-15-34-22-9-4-19-10-13-28-25(23(19)16-22)26(11-3-12-26)20-5-7-21(27)8-6-20/h4-9,16-17,29H,3,10-15H2,1-2H3. The Hall–Kier alpha value is -2.68. The lowest BCUT2D eigenvalue weighted by molar-refractivity contribution is 0.322. The van der Waals surface area contributed by atoms with E-state index in [4.69, 9.17) is 21.3 Å². The minimum absolute atomic E-state index is 0.0877. The van der Waals surface area contributed by atoms with Crippen molar-refractivity contribution >= 4 is 27.3 Å². The van der Waals surface area contributed by atoms with Gasteiger partial charge in [0.2, 0.25) is 10.0 Å². The molecule has 0 unspecified atom stereocenters. The highest BCUT2D eigenvalue weighted by atomic mass is 35.5. The van der Waals surface area contributed by atoms with Crippen molar-refractivity contribution in [3.63, 3.8) is 0 Å². The van der Waals surface area contributed by atoms with Crippen LogP contribution in [0.4, 0.5) is 0 Å². The van der Waals surface area contributed by atoms with Gasteiger partial charge in [0.15, 0.2) is 0 Å². The van der Waals surface area contributed by atoms with Crippen LogP contribution in [0, 0.1) is 6.92 Å². The zero-order valence-electron chi connectivity index (χ0n) is 19.9. The number of aliphatic imine (C=N–C) groups is 1. The Morgan fingerprint density at radius 2 is 1.94 bits per heavy atom. The molecule has 0 spiro atoms. The molecule has 3 aromatic rings. The Bertz CT molecular complexity index is 1380. The highest BCUT2D eigenvalue weighted by Gasteiger charge is 2.45. The summed E-state index contributed by atoms with van der Waals surface area (Å²) >= 11 is 6.15. The van der Waals surface area contributed by atoms with E-state index in [2.05, 4.69) is 34.1 Å². The first-order valence-corrected chi connectivity index (χ1v) is 13.7. The van der Waals surface area contributed by atoms with Crippen LogP contribution in [0.1, 0.15) is 41.6 Å². The molecule has 5 rings (SSSR count). The molecule has 184 valence electrons. The predicted molar refractivity (Wildman–Crippen MR) is 137 cm³/mol. The monoisotopic (exact) mass is 512 g/mol. The summed E-state index contributed by atoms with van der Waals surface area (Å²) in [5, 5.41) is 4.84. The average Bonchev–Trinajstić information content (AvgIpc) is 3.16. The largest absolute Gasteiger partial charge is 0.492 e. The van der Waals surface area contributed by atoms with Crippen LogP contribution < -0.4 is 9.46 Å². The second kappa shape index (κ2) is 9.41. The third-order valence-corrected chi connectivity index (χ3v) is 8.78. The zero-order chi connectivity index (χ0) is 24.6. The van der Waals surface area contributed by atoms with Crippen molar-refractivity contribution in [2.75, 3.05) is 19.7 Å². The molecule has 0 bridgehead atoms. The number of hydrogen-bond acceptors (Lipinski definition) is 5. The molecule has 1 saturated carbocycles. The molecule has 1 aromatic heterocycles. The van der Waals surface area contributed by atoms with Crippen LogP contribution >= 0.6 is 11.6 Å². The summed E-state index contributed by atoms with van der Waals surface area (Å²) in [6.07, 6.45) is 5.70. The van der Waals surface area contributed by atoms with E-state index in [9.17, 15) is 8.42 Å². The molecule has 0 amide bonds. The molecule has 2 heterocycles. The van der Waals surface area contributed by atoms with E-state index in [-0.39, 0.29) is 23.5 Å². The first-order valence-electron chi connectivity index (χ1n) is 11.9. The number of hydrogen-bond donors (Lipinski definition) is 1. The van der Waals surface area contributed by atoms with Gasteiger partial charge in [-0.25, -0.2) is 13.1 Å². The summed E-state index contributed by atoms with van der Waals surface area (Å²) in [7, 11) is -1.94. The van der Waals surface area contributed by atoms with Gasteiger partial charge in [-0.1, -0.05) is 36.2 Å². The lowest BCUT2D eigenvalue weighted by Gasteiger charge is -2.45. The van der Waals surface area contributed by atoms with E-state index in [0.717, 1.165) is 42.1 Å². The van der Waals surface area contributed by atoms with Crippen molar-refractivity contribution in [3.05, 3.63) is 76.1 Å². The fourth-order valence-electron chi connectivity index (χ4n) is 5.09. The Balaban J connectivity index is 1.31. The van der Waals surface area contributed by atoms with E-state index < -0.39 is 10.0 Å². The van der Waals surface area contributed by atoms with Crippen LogP contribution in [0.15, 0.2) is 58.5 Å². The first-order chi connectivity index (χ1) is 16.8. The van der Waals surface area contributed by atoms with Crippen molar-refractivity contribution in [1.82, 2.24) is 14.5 Å². The van der Waals surface area contributed by atoms with Crippen molar-refractivity contribution in [1.29, 1.82) is 0 Å². The molecule has 2 aromatic carbocycles. The number of fused-ring (bicyclic) bond motifs is 1. The topological polar surface area (TPSA) is 85.6 Å². The lowest BCUT2D eigenvalue weighted by Crippen LogP contribution is -2.44. The third kappa shape index (κ3) is 4.62. The van der Waals surface area contributed by atoms with Gasteiger partial charge < -0.3 is 4.74 Å². The van der Waals surface area contributed by atoms with Gasteiger partial charge in [0, 0.05) is 42.3 Å². The predicted octanol–water partition coefficient (Wildman–Crippen LogP) is 4.21. The Morgan fingerprint density at radius 1 is 1.17 bits per heavy atom. The molecule has 0 atom stereocenters. The van der Waals surface area contributed by atoms with Crippen LogP contribution in [-0.2, 0) is 28.9 Å². The highest BCUT2D eigenvalue weighted by Crippen LogP contribution is 2.48. The fourth-order valence-corrected chi connectivity index (χ4v) is 6.45. The maximum absolute atomic E-state index is 12.6. The first kappa shape index (κ1) is 24.0. The maximum atomic E-state index is 12.6. The smallest absolute Gasteiger partial charge is 0.244 e. The van der Waals surface area contributed by atoms with Crippen LogP contribution in [0.25, 0.3) is 0 Å². The molecule has 2 aliphatic rings. The third-order valence-electron chi connectivity index (χ3n) is 6.97. The normalized spacial score (nSPS) is 16.8. The zero-order valence-corrected chi connectivity index (χ0v) is 21.5. The molecule has 7 nitrogen and oxygen atoms in total. The second-order valence-electron chi connectivity index (χ2n) is 9.24. The van der Waals surface area contributed by atoms with Crippen LogP contribution in [0.2, 0.25) is 5.02 Å². The van der Waals surface area contributed by atoms with Crippen molar-refractivity contribution in [3.8, 4) is 5.75 Å². The summed E-state index contributed by atoms with van der Waals surface area (Å²) < 4.78 is 35.2. The number of aryl methyl sites for hydroxylation is 2. The van der Waals surface area contributed by atoms with Gasteiger partial charge in [0.1, 0.15) is 17.3 Å². The van der Waals surface area contributed by atoms with Gasteiger partial charge in [-0.2, -0.15) is 5.10 Å². The number of ether oxygens (including phenoxy) is 1. The molecule has 1 fully saturated rings. The van der Waals surface area contributed by atoms with Crippen LogP contribution in [0.5, 0.6) is 5.75 Å². The second-order valence-corrected chi connectivity index (χ2v) is 11.4. The molecule has 35 heavy (non-hydrogen) atoms. The van der Waals surface area contributed by atoms with E-state index in [1.165, 1.54) is 28.4 Å². The van der Waals surface area contributed by atoms with E-state index >= 15 is 0 Å². The van der Waals surface area contributed by atoms with Crippen molar-refractivity contribution in [2.24, 2.45) is 12.0 Å². The Labute approximate surface area is 211 Å². The lowest BCUT2D eigenvalue weighted by atomic mass is 9.59. The molecule has 1 aliphatic carbocycles. The van der Waals surface area contributed by atoms with Gasteiger partial charge in [-0.3, -0.25) is 9.67 Å². The molecule has 1 aliphatic heterocycles. The molecule has 9 heteroatoms. The average molecular weight is 513 g/mol. The van der Waals surface area contributed by atoms with Crippen molar-refractivity contribution < 1.29 is 13.2 Å². The maximum Gasteiger partial charge on any atom is 0.244 e. The van der Waals surface area contributed by atoms with Gasteiger partial charge in [0.05, 0.1) is 11.4 Å². The van der Waals surface area contributed by atoms with E-state index in [1.807, 2.05) is 18.2 Å². The van der Waals surface area contributed by atoms with Gasteiger partial charge in [-0.15, -0.1) is 0 Å². The summed E-state index contributed by atoms with van der Waals surface area (Å²) in [6, 6.07) is 14.3. The molecular formula is C26H29ClN4O3S. The number of sulfonamides is 1. The van der Waals surface area contributed by atoms with Crippen LogP contribution in [0.3, 0.4) is 0 Å². The Kier molecular flexibility index (Phi) is 6.46. The van der Waals surface area contributed by atoms with Crippen molar-refractivity contribution in [2.45, 2.75) is 42.9 Å². The minimum atomic E-state index is -3.64. The van der Waals surface area contributed by atoms with E-state index in [0.29, 0.717) is 11.4 Å². The highest BCUT2D eigenvalue weighted by molar-refractivity contribution is 7.89. The number of halogens is 1. The SMILES string of the molecule is Cc1nn(C)cc1S(=O)(=O)NCCOc1ccc2c(c1)C(C1(c3ccc(Cl)cc3)CCC1)=NCC2. The summed E-state index contributed by atoms with van der Waals surface area (Å²) in [6.45, 7) is 2.83. The Morgan fingerprint density at radius 3 is 2.60 bits per heavy atom. The van der Waals surface area contributed by atoms with Gasteiger partial charge >= 0.3 is 0 Å². The summed E-state index contributed by atoms with van der Waals surface area (Å²) in [5.41, 5.74) is 5.17. The number of nitrogens with one attached hydrogen (secondary N) is 1. The molecular weight excluding hydrogens is 484 g/mol. The van der Waals surface area contributed by atoms with Crippen LogP contribution in [-0.4, -0.2) is 43.6 Å². The molecule has 0 saturated heterocycles. The number of nitrogens with zero attached hydrogens (tertiary/aromatic N) is 3. The van der Waals surface area contributed by atoms with E-state index in [1.54, 1.807) is 14.0 Å². The minimum Gasteiger partial charge on any atom is -0.492 e. The van der Waals surface area contributed by atoms with Gasteiger partial charge in [-0.05, 0) is 61.6 Å². The summed E-state index contributed by atoms with van der Waals surface area (Å²) in [5.74, 6) is 0.709. The number of benzene rings is 2. The quantitative estimate of drug-likeness (QED) is 0.458. The summed E-state index contributed by atoms with van der Waals surface area (Å²) in [4.78, 5) is 5.19. The van der Waals surface area contributed by atoms with Gasteiger partial charge in [0.25, 0.3) is 0 Å². The fraction of sp³-hybridized carbons (Fsp3) is 0.385. The molecule has 1 N–H and O–H groups in total. The number of rotatable bonds is 8. The molecule has 0 radical (unpaired) electrons. The number of aromatic nitrogens is 2.